The van der Waals surface area contributed by atoms with E-state index in [0.717, 1.165) is 22.5 Å². The highest BCUT2D eigenvalue weighted by Crippen LogP contribution is 2.31. The molecule has 0 aliphatic heterocycles. The van der Waals surface area contributed by atoms with E-state index in [1.54, 1.807) is 30.3 Å². The summed E-state index contributed by atoms with van der Waals surface area (Å²) in [7, 11) is -2.75. The predicted molar refractivity (Wildman–Crippen MR) is 108 cm³/mol. The van der Waals surface area contributed by atoms with Crippen LogP contribution < -0.4 is 9.62 Å². The first kappa shape index (κ1) is 21.4. The van der Waals surface area contributed by atoms with Crippen LogP contribution in [0.25, 0.3) is 0 Å². The number of nitrogens with zero attached hydrogens (tertiary/aromatic N) is 1. The number of carbonyl (C=O) groups excluding carboxylic acids is 1. The molecule has 1 N–H and O–H groups in total. The Bertz CT molecular complexity index is 1160. The summed E-state index contributed by atoms with van der Waals surface area (Å²) >= 11 is 0. The van der Waals surface area contributed by atoms with Gasteiger partial charge in [0.1, 0.15) is 4.90 Å². The second-order valence-corrected chi connectivity index (χ2v) is 8.27. The van der Waals surface area contributed by atoms with Gasteiger partial charge in [0.2, 0.25) is 0 Å². The van der Waals surface area contributed by atoms with Crippen LogP contribution in [0.2, 0.25) is 0 Å². The van der Waals surface area contributed by atoms with E-state index in [0.29, 0.717) is 5.69 Å². The van der Waals surface area contributed by atoms with Crippen molar-refractivity contribution in [1.82, 2.24) is 0 Å². The van der Waals surface area contributed by atoms with Gasteiger partial charge in [0.15, 0.2) is 0 Å². The third kappa shape index (κ3) is 4.46. The zero-order chi connectivity index (χ0) is 21.9. The maximum absolute atomic E-state index is 13.1. The minimum atomic E-state index is -4.57. The van der Waals surface area contributed by atoms with Gasteiger partial charge >= 0.3 is 6.18 Å². The third-order valence-corrected chi connectivity index (χ3v) is 6.18. The molecule has 3 aromatic rings. The molecule has 9 heteroatoms. The van der Waals surface area contributed by atoms with Crippen molar-refractivity contribution in [3.8, 4) is 0 Å². The number of para-hydroxylation sites is 1. The van der Waals surface area contributed by atoms with Gasteiger partial charge < -0.3 is 5.32 Å². The molecule has 30 heavy (non-hydrogen) atoms. The van der Waals surface area contributed by atoms with Crippen LogP contribution in [-0.2, 0) is 16.2 Å². The summed E-state index contributed by atoms with van der Waals surface area (Å²) in [4.78, 5) is 12.5. The molecule has 5 nitrogen and oxygen atoms in total. The van der Waals surface area contributed by atoms with E-state index in [2.05, 4.69) is 5.32 Å². The van der Waals surface area contributed by atoms with Gasteiger partial charge in [-0.1, -0.05) is 36.4 Å². The SMILES string of the molecule is CN(c1ccccc1)S(=O)(=O)c1ccccc1C(=O)Nc1cccc(C(F)(F)F)c1. The van der Waals surface area contributed by atoms with E-state index in [4.69, 9.17) is 0 Å². The highest BCUT2D eigenvalue weighted by molar-refractivity contribution is 7.92. The molecule has 3 rings (SSSR count). The number of carbonyl (C=O) groups is 1. The molecule has 0 bridgehead atoms. The first-order valence-electron chi connectivity index (χ1n) is 8.72. The lowest BCUT2D eigenvalue weighted by molar-refractivity contribution is -0.137. The summed E-state index contributed by atoms with van der Waals surface area (Å²) in [6.07, 6.45) is -4.57. The first-order chi connectivity index (χ1) is 14.1. The topological polar surface area (TPSA) is 66.5 Å². The summed E-state index contributed by atoms with van der Waals surface area (Å²) in [5, 5.41) is 2.34. The van der Waals surface area contributed by atoms with Crippen molar-refractivity contribution < 1.29 is 26.4 Å². The van der Waals surface area contributed by atoms with Gasteiger partial charge in [0.25, 0.3) is 15.9 Å². The van der Waals surface area contributed by atoms with Gasteiger partial charge in [0.05, 0.1) is 16.8 Å². The van der Waals surface area contributed by atoms with Crippen LogP contribution in [0.3, 0.4) is 0 Å². The quantitative estimate of drug-likeness (QED) is 0.628. The number of alkyl halides is 3. The Hall–Kier alpha value is -3.33. The normalized spacial score (nSPS) is 11.7. The lowest BCUT2D eigenvalue weighted by Gasteiger charge is -2.21. The summed E-state index contributed by atoms with van der Waals surface area (Å²) < 4.78 is 65.9. The van der Waals surface area contributed by atoms with Crippen molar-refractivity contribution in [3.63, 3.8) is 0 Å². The van der Waals surface area contributed by atoms with Gasteiger partial charge in [-0.15, -0.1) is 0 Å². The molecule has 3 aromatic carbocycles. The van der Waals surface area contributed by atoms with Crippen molar-refractivity contribution in [2.24, 2.45) is 0 Å². The standard InChI is InChI=1S/C21H17F3N2O3S/c1-26(17-10-3-2-4-11-17)30(28,29)19-13-6-5-12-18(19)20(27)25-16-9-7-8-15(14-16)21(22,23)24/h2-14H,1H3,(H,25,27). The number of nitrogens with one attached hydrogen (secondary N) is 1. The lowest BCUT2D eigenvalue weighted by Crippen LogP contribution is -2.29. The molecule has 0 atom stereocenters. The average molecular weight is 434 g/mol. The molecule has 0 spiro atoms. The highest BCUT2D eigenvalue weighted by atomic mass is 32.2. The predicted octanol–water partition coefficient (Wildman–Crippen LogP) is 4.78. The van der Waals surface area contributed by atoms with E-state index >= 15 is 0 Å². The van der Waals surface area contributed by atoms with Gasteiger partial charge in [-0.05, 0) is 42.5 Å². The molecule has 1 amide bonds. The summed E-state index contributed by atoms with van der Waals surface area (Å²) in [5.41, 5.74) is -0.813. The molecule has 0 aliphatic rings. The number of rotatable bonds is 5. The van der Waals surface area contributed by atoms with Gasteiger partial charge in [0, 0.05) is 12.7 Å². The maximum atomic E-state index is 13.1. The number of sulfonamides is 1. The van der Waals surface area contributed by atoms with E-state index in [1.165, 1.54) is 37.4 Å². The smallest absolute Gasteiger partial charge is 0.322 e. The van der Waals surface area contributed by atoms with Gasteiger partial charge in [-0.3, -0.25) is 9.10 Å². The van der Waals surface area contributed by atoms with Crippen LogP contribution in [0.1, 0.15) is 15.9 Å². The summed E-state index contributed by atoms with van der Waals surface area (Å²) in [6.45, 7) is 0. The lowest BCUT2D eigenvalue weighted by atomic mass is 10.1. The number of anilines is 2. The Balaban J connectivity index is 1.95. The third-order valence-electron chi connectivity index (χ3n) is 4.34. The maximum Gasteiger partial charge on any atom is 0.416 e. The fourth-order valence-corrected chi connectivity index (χ4v) is 4.16. The molecule has 0 unspecified atom stereocenters. The van der Waals surface area contributed by atoms with Crippen LogP contribution in [0.5, 0.6) is 0 Å². The fraction of sp³-hybridized carbons (Fsp3) is 0.0952. The Morgan fingerprint density at radius 1 is 0.900 bits per heavy atom. The van der Waals surface area contributed by atoms with Crippen molar-refractivity contribution >= 4 is 27.3 Å². The molecule has 0 aromatic heterocycles. The zero-order valence-corrected chi connectivity index (χ0v) is 16.5. The second-order valence-electron chi connectivity index (χ2n) is 6.34. The van der Waals surface area contributed by atoms with Crippen molar-refractivity contribution in [2.75, 3.05) is 16.7 Å². The number of benzene rings is 3. The Labute approximate surface area is 171 Å². The number of hydrogen-bond donors (Lipinski definition) is 1. The Morgan fingerprint density at radius 2 is 1.53 bits per heavy atom. The minimum Gasteiger partial charge on any atom is -0.322 e. The van der Waals surface area contributed by atoms with Crippen LogP contribution in [0.4, 0.5) is 24.5 Å². The Morgan fingerprint density at radius 3 is 2.20 bits per heavy atom. The highest BCUT2D eigenvalue weighted by Gasteiger charge is 2.31. The van der Waals surface area contributed by atoms with Crippen LogP contribution >= 0.6 is 0 Å². The minimum absolute atomic E-state index is 0.0987. The number of amides is 1. The van der Waals surface area contributed by atoms with Crippen molar-refractivity contribution in [1.29, 1.82) is 0 Å². The first-order valence-corrected chi connectivity index (χ1v) is 10.2. The van der Waals surface area contributed by atoms with E-state index in [-0.39, 0.29) is 16.1 Å². The van der Waals surface area contributed by atoms with Crippen molar-refractivity contribution in [2.45, 2.75) is 11.1 Å². The summed E-state index contributed by atoms with van der Waals surface area (Å²) in [5.74, 6) is -0.838. The fourth-order valence-electron chi connectivity index (χ4n) is 2.78. The van der Waals surface area contributed by atoms with E-state index < -0.39 is 27.7 Å². The second kappa shape index (κ2) is 8.19. The molecule has 0 fully saturated rings. The molecule has 156 valence electrons. The molecule has 0 aliphatic carbocycles. The van der Waals surface area contributed by atoms with Gasteiger partial charge in [-0.25, -0.2) is 8.42 Å². The molecule has 0 heterocycles. The van der Waals surface area contributed by atoms with Crippen LogP contribution in [-0.4, -0.2) is 21.4 Å². The number of halogens is 3. The Kier molecular flexibility index (Phi) is 5.84. The zero-order valence-electron chi connectivity index (χ0n) is 15.7. The van der Waals surface area contributed by atoms with E-state index in [1.807, 2.05) is 0 Å². The molecule has 0 saturated carbocycles. The molecule has 0 saturated heterocycles. The molecular formula is C21H17F3N2O3S. The average Bonchev–Trinajstić information content (AvgIpc) is 2.73. The molecular weight excluding hydrogens is 417 g/mol. The summed E-state index contributed by atoms with van der Waals surface area (Å²) in [6, 6.07) is 17.9. The largest absolute Gasteiger partial charge is 0.416 e. The molecule has 0 radical (unpaired) electrons. The van der Waals surface area contributed by atoms with E-state index in [9.17, 15) is 26.4 Å². The van der Waals surface area contributed by atoms with Gasteiger partial charge in [-0.2, -0.15) is 13.2 Å². The van der Waals surface area contributed by atoms with Crippen molar-refractivity contribution in [3.05, 3.63) is 90.0 Å². The number of hydrogen-bond acceptors (Lipinski definition) is 3. The van der Waals surface area contributed by atoms with Crippen LogP contribution in [0.15, 0.2) is 83.8 Å². The monoisotopic (exact) mass is 434 g/mol. The van der Waals surface area contributed by atoms with Crippen LogP contribution in [0, 0.1) is 0 Å².